The van der Waals surface area contributed by atoms with Crippen LogP contribution in [0.4, 0.5) is 0 Å². The molecule has 2 rings (SSSR count). The molecule has 20 heavy (non-hydrogen) atoms. The van der Waals surface area contributed by atoms with Gasteiger partial charge in [-0.25, -0.2) is 4.79 Å². The minimum Gasteiger partial charge on any atom is -0.496 e. The molecule has 0 radical (unpaired) electrons. The highest BCUT2D eigenvalue weighted by Crippen LogP contribution is 2.22. The molecule has 102 valence electrons. The number of carbonyl (C=O) groups is 1. The molecule has 0 aliphatic rings. The van der Waals surface area contributed by atoms with E-state index < -0.39 is 5.97 Å². The van der Waals surface area contributed by atoms with Gasteiger partial charge in [-0.05, 0) is 22.8 Å². The first-order chi connectivity index (χ1) is 9.61. The average Bonchev–Trinajstić information content (AvgIpc) is 2.47. The van der Waals surface area contributed by atoms with Crippen LogP contribution in [0.1, 0.15) is 16.7 Å². The van der Waals surface area contributed by atoms with Crippen molar-refractivity contribution < 1.29 is 14.6 Å². The van der Waals surface area contributed by atoms with Crippen LogP contribution in [0.3, 0.4) is 0 Å². The number of hydrogen-bond acceptors (Lipinski definition) is 2. The van der Waals surface area contributed by atoms with Gasteiger partial charge in [0.15, 0.2) is 0 Å². The Hall–Kier alpha value is -2.55. The Bertz CT molecular complexity index is 644. The molecule has 0 bridgehead atoms. The van der Waals surface area contributed by atoms with Crippen LogP contribution < -0.4 is 4.74 Å². The van der Waals surface area contributed by atoms with Crippen LogP contribution in [0.5, 0.6) is 5.75 Å². The lowest BCUT2D eigenvalue weighted by Gasteiger charge is -2.09. The van der Waals surface area contributed by atoms with Gasteiger partial charge >= 0.3 is 5.97 Å². The number of rotatable bonds is 5. The van der Waals surface area contributed by atoms with E-state index in [0.717, 1.165) is 16.9 Å². The quantitative estimate of drug-likeness (QED) is 0.845. The molecule has 0 aliphatic carbocycles. The fourth-order valence-electron chi connectivity index (χ4n) is 2.06. The van der Waals surface area contributed by atoms with Gasteiger partial charge in [0.25, 0.3) is 0 Å². The van der Waals surface area contributed by atoms with Gasteiger partial charge in [0.1, 0.15) is 5.75 Å². The summed E-state index contributed by atoms with van der Waals surface area (Å²) in [5.74, 6) is -0.172. The lowest BCUT2D eigenvalue weighted by atomic mass is 9.99. The van der Waals surface area contributed by atoms with Gasteiger partial charge in [0, 0.05) is 6.42 Å². The molecule has 1 N–H and O–H groups in total. The molecule has 0 aliphatic heterocycles. The molecule has 0 spiro atoms. The molecule has 0 saturated carbocycles. The van der Waals surface area contributed by atoms with Crippen LogP contribution >= 0.6 is 0 Å². The predicted molar refractivity (Wildman–Crippen MR) is 78.9 cm³/mol. The van der Waals surface area contributed by atoms with Crippen LogP contribution in [-0.2, 0) is 11.2 Å². The third-order valence-electron chi connectivity index (χ3n) is 3.12. The van der Waals surface area contributed by atoms with Crippen molar-refractivity contribution in [3.05, 3.63) is 71.8 Å². The first-order valence-corrected chi connectivity index (χ1v) is 6.25. The van der Waals surface area contributed by atoms with Crippen LogP contribution in [0, 0.1) is 0 Å². The summed E-state index contributed by atoms with van der Waals surface area (Å²) >= 11 is 0. The maximum Gasteiger partial charge on any atom is 0.335 e. The zero-order valence-corrected chi connectivity index (χ0v) is 11.3. The summed E-state index contributed by atoms with van der Waals surface area (Å²) in [6, 6.07) is 15.2. The Morgan fingerprint density at radius 1 is 1.20 bits per heavy atom. The second-order valence-electron chi connectivity index (χ2n) is 4.47. The van der Waals surface area contributed by atoms with E-state index >= 15 is 0 Å². The normalized spacial score (nSPS) is 10.1. The standard InChI is InChI=1S/C17H16O3/c1-12(17(18)19)14-8-5-6-13(10-14)11-15-7-3-4-9-16(15)20-2/h3-10H,1,11H2,2H3,(H,18,19). The number of carboxylic acids is 1. The molecule has 3 heteroatoms. The topological polar surface area (TPSA) is 46.5 Å². The molecular weight excluding hydrogens is 252 g/mol. The minimum atomic E-state index is -1.00. The van der Waals surface area contributed by atoms with Crippen molar-refractivity contribution in [2.24, 2.45) is 0 Å². The highest BCUT2D eigenvalue weighted by molar-refractivity contribution is 6.14. The minimum absolute atomic E-state index is 0.104. The van der Waals surface area contributed by atoms with E-state index in [9.17, 15) is 4.79 Å². The number of hydrogen-bond donors (Lipinski definition) is 1. The van der Waals surface area contributed by atoms with Crippen molar-refractivity contribution in [3.8, 4) is 5.75 Å². The zero-order valence-electron chi connectivity index (χ0n) is 11.3. The Morgan fingerprint density at radius 3 is 2.65 bits per heavy atom. The largest absolute Gasteiger partial charge is 0.496 e. The summed E-state index contributed by atoms with van der Waals surface area (Å²) in [5, 5.41) is 8.98. The lowest BCUT2D eigenvalue weighted by Crippen LogP contribution is -1.99. The van der Waals surface area contributed by atoms with Crippen LogP contribution in [0.25, 0.3) is 5.57 Å². The van der Waals surface area contributed by atoms with Crippen molar-refractivity contribution in [2.45, 2.75) is 6.42 Å². The van der Waals surface area contributed by atoms with Crippen LogP contribution in [0.2, 0.25) is 0 Å². The van der Waals surface area contributed by atoms with Gasteiger partial charge < -0.3 is 9.84 Å². The summed E-state index contributed by atoms with van der Waals surface area (Å²) in [5.41, 5.74) is 2.82. The van der Waals surface area contributed by atoms with E-state index in [-0.39, 0.29) is 5.57 Å². The van der Waals surface area contributed by atoms with Crippen LogP contribution in [-0.4, -0.2) is 18.2 Å². The summed E-state index contributed by atoms with van der Waals surface area (Å²) < 4.78 is 5.32. The van der Waals surface area contributed by atoms with Crippen LogP contribution in [0.15, 0.2) is 55.1 Å². The molecule has 0 unspecified atom stereocenters. The number of carboxylic acid groups (broad SMARTS) is 1. The Balaban J connectivity index is 2.28. The number of para-hydroxylation sites is 1. The number of methoxy groups -OCH3 is 1. The van der Waals surface area contributed by atoms with E-state index in [0.29, 0.717) is 12.0 Å². The Labute approximate surface area is 118 Å². The second kappa shape index (κ2) is 6.06. The van der Waals surface area contributed by atoms with Gasteiger partial charge in [-0.1, -0.05) is 49.0 Å². The molecule has 0 atom stereocenters. The van der Waals surface area contributed by atoms with Crippen molar-refractivity contribution in [1.82, 2.24) is 0 Å². The molecule has 3 nitrogen and oxygen atoms in total. The molecule has 0 fully saturated rings. The maximum absolute atomic E-state index is 11.0. The molecule has 0 saturated heterocycles. The smallest absolute Gasteiger partial charge is 0.335 e. The molecular formula is C17H16O3. The van der Waals surface area contributed by atoms with Gasteiger partial charge in [-0.15, -0.1) is 0 Å². The zero-order chi connectivity index (χ0) is 14.5. The molecule has 2 aromatic rings. The maximum atomic E-state index is 11.0. The number of benzene rings is 2. The van der Waals surface area contributed by atoms with Crippen molar-refractivity contribution >= 4 is 11.5 Å². The van der Waals surface area contributed by atoms with E-state index in [1.807, 2.05) is 42.5 Å². The summed E-state index contributed by atoms with van der Waals surface area (Å²) in [6.07, 6.45) is 0.685. The molecule has 0 aromatic heterocycles. The number of ether oxygens (including phenoxy) is 1. The van der Waals surface area contributed by atoms with Gasteiger partial charge in [-0.3, -0.25) is 0 Å². The summed E-state index contributed by atoms with van der Waals surface area (Å²) in [7, 11) is 1.64. The fraction of sp³-hybridized carbons (Fsp3) is 0.118. The van der Waals surface area contributed by atoms with Gasteiger partial charge in [0.05, 0.1) is 12.7 Å². The lowest BCUT2D eigenvalue weighted by molar-refractivity contribution is -0.130. The van der Waals surface area contributed by atoms with Crippen molar-refractivity contribution in [2.75, 3.05) is 7.11 Å². The predicted octanol–water partition coefficient (Wildman–Crippen LogP) is 3.38. The third kappa shape index (κ3) is 3.06. The van der Waals surface area contributed by atoms with E-state index in [1.165, 1.54) is 0 Å². The molecule has 0 amide bonds. The average molecular weight is 268 g/mol. The van der Waals surface area contributed by atoms with Gasteiger partial charge in [-0.2, -0.15) is 0 Å². The first-order valence-electron chi connectivity index (χ1n) is 6.25. The Kier molecular flexibility index (Phi) is 4.20. The van der Waals surface area contributed by atoms with Crippen molar-refractivity contribution in [1.29, 1.82) is 0 Å². The summed E-state index contributed by atoms with van der Waals surface area (Å²) in [6.45, 7) is 3.58. The van der Waals surface area contributed by atoms with E-state index in [1.54, 1.807) is 13.2 Å². The van der Waals surface area contributed by atoms with E-state index in [4.69, 9.17) is 9.84 Å². The second-order valence-corrected chi connectivity index (χ2v) is 4.47. The first kappa shape index (κ1) is 13.9. The monoisotopic (exact) mass is 268 g/mol. The number of aliphatic carboxylic acids is 1. The molecule has 2 aromatic carbocycles. The third-order valence-corrected chi connectivity index (χ3v) is 3.12. The van der Waals surface area contributed by atoms with Gasteiger partial charge in [0.2, 0.25) is 0 Å². The highest BCUT2D eigenvalue weighted by Gasteiger charge is 2.09. The van der Waals surface area contributed by atoms with E-state index in [2.05, 4.69) is 6.58 Å². The summed E-state index contributed by atoms with van der Waals surface area (Å²) in [4.78, 5) is 11.0. The molecule has 0 heterocycles. The highest BCUT2D eigenvalue weighted by atomic mass is 16.5. The van der Waals surface area contributed by atoms with Crippen molar-refractivity contribution in [3.63, 3.8) is 0 Å². The SMILES string of the molecule is C=C(C(=O)O)c1cccc(Cc2ccccc2OC)c1. The fourth-order valence-corrected chi connectivity index (χ4v) is 2.06. The Morgan fingerprint density at radius 2 is 1.95 bits per heavy atom.